The van der Waals surface area contributed by atoms with Gasteiger partial charge in [0.25, 0.3) is 5.91 Å². The fourth-order valence-corrected chi connectivity index (χ4v) is 3.14. The van der Waals surface area contributed by atoms with Crippen molar-refractivity contribution in [3.63, 3.8) is 0 Å². The van der Waals surface area contributed by atoms with Crippen LogP contribution in [0.3, 0.4) is 0 Å². The maximum absolute atomic E-state index is 12.5. The number of aromatic nitrogens is 2. The van der Waals surface area contributed by atoms with Crippen molar-refractivity contribution in [2.75, 3.05) is 6.54 Å². The highest BCUT2D eigenvalue weighted by atomic mass is 16.1. The molecule has 1 heterocycles. The van der Waals surface area contributed by atoms with E-state index in [0.29, 0.717) is 24.6 Å². The number of amides is 1. The summed E-state index contributed by atoms with van der Waals surface area (Å²) in [4.78, 5) is 12.5. The Morgan fingerprint density at radius 1 is 1.33 bits per heavy atom. The van der Waals surface area contributed by atoms with Gasteiger partial charge in [0.05, 0.1) is 17.8 Å². The Balaban J connectivity index is 1.67. The molecular weight excluding hydrogens is 300 g/mol. The number of aryl methyl sites for hydroxylation is 2. The molecular formula is C19H26N4O. The van der Waals surface area contributed by atoms with Crippen LogP contribution in [-0.2, 0) is 6.54 Å². The van der Waals surface area contributed by atoms with Crippen LogP contribution in [-0.4, -0.2) is 27.8 Å². The highest BCUT2D eigenvalue weighted by molar-refractivity contribution is 5.94. The quantitative estimate of drug-likeness (QED) is 0.856. The first kappa shape index (κ1) is 16.7. The van der Waals surface area contributed by atoms with Crippen molar-refractivity contribution in [1.82, 2.24) is 15.1 Å². The third-order valence-electron chi connectivity index (χ3n) is 4.95. The largest absolute Gasteiger partial charge is 0.345 e. The van der Waals surface area contributed by atoms with Gasteiger partial charge < -0.3 is 11.1 Å². The first-order valence-corrected chi connectivity index (χ1v) is 8.54. The molecule has 5 nitrogen and oxygen atoms in total. The van der Waals surface area contributed by atoms with Gasteiger partial charge in [-0.3, -0.25) is 9.48 Å². The molecule has 0 spiro atoms. The highest BCUT2D eigenvalue weighted by Gasteiger charge is 2.41. The molecule has 0 bridgehead atoms. The Bertz CT molecular complexity index is 730. The van der Waals surface area contributed by atoms with Crippen LogP contribution < -0.4 is 11.1 Å². The lowest BCUT2D eigenvalue weighted by molar-refractivity contribution is 0.0898. The standard InChI is InChI=1S/C19H26N4O/c1-13-10-14(2)23(22-13)11-15-4-6-16(7-5-15)18(24)21-19(3,12-20)17-8-9-17/h4-7,10,17H,8-9,11-12,20H2,1-3H3,(H,21,24). The van der Waals surface area contributed by atoms with Crippen molar-refractivity contribution in [3.05, 3.63) is 52.8 Å². The summed E-state index contributed by atoms with van der Waals surface area (Å²) >= 11 is 0. The molecule has 2 aromatic rings. The minimum absolute atomic E-state index is 0.0486. The van der Waals surface area contributed by atoms with Gasteiger partial charge in [0.15, 0.2) is 0 Å². The van der Waals surface area contributed by atoms with Crippen molar-refractivity contribution in [2.24, 2.45) is 11.7 Å². The highest BCUT2D eigenvalue weighted by Crippen LogP contribution is 2.39. The van der Waals surface area contributed by atoms with Crippen LogP contribution in [0.2, 0.25) is 0 Å². The van der Waals surface area contributed by atoms with Crippen LogP contribution >= 0.6 is 0 Å². The number of carbonyl (C=O) groups excluding carboxylic acids is 1. The minimum Gasteiger partial charge on any atom is -0.345 e. The summed E-state index contributed by atoms with van der Waals surface area (Å²) in [6, 6.07) is 9.79. The SMILES string of the molecule is Cc1cc(C)n(Cc2ccc(C(=O)NC(C)(CN)C3CC3)cc2)n1. The van der Waals surface area contributed by atoms with E-state index in [1.807, 2.05) is 49.7 Å². The summed E-state index contributed by atoms with van der Waals surface area (Å²) in [7, 11) is 0. The van der Waals surface area contributed by atoms with Gasteiger partial charge in [-0.05, 0) is 63.3 Å². The number of nitrogens with zero attached hydrogens (tertiary/aromatic N) is 2. The lowest BCUT2D eigenvalue weighted by Crippen LogP contribution is -2.53. The molecule has 128 valence electrons. The fourth-order valence-electron chi connectivity index (χ4n) is 3.14. The molecule has 1 unspecified atom stereocenters. The monoisotopic (exact) mass is 326 g/mol. The summed E-state index contributed by atoms with van der Waals surface area (Å²) in [5.74, 6) is 0.462. The average molecular weight is 326 g/mol. The van der Waals surface area contributed by atoms with Crippen LogP contribution in [0.5, 0.6) is 0 Å². The molecule has 24 heavy (non-hydrogen) atoms. The van der Waals surface area contributed by atoms with Gasteiger partial charge in [-0.2, -0.15) is 5.10 Å². The molecule has 5 heteroatoms. The second-order valence-electron chi connectivity index (χ2n) is 7.13. The molecule has 1 fully saturated rings. The molecule has 1 atom stereocenters. The number of nitrogens with one attached hydrogen (secondary N) is 1. The average Bonchev–Trinajstić information content (AvgIpc) is 3.35. The van der Waals surface area contributed by atoms with Crippen LogP contribution in [0.25, 0.3) is 0 Å². The van der Waals surface area contributed by atoms with E-state index in [1.54, 1.807) is 0 Å². The van der Waals surface area contributed by atoms with Gasteiger partial charge in [-0.25, -0.2) is 0 Å². The molecule has 3 rings (SSSR count). The number of benzene rings is 1. The molecule has 1 saturated carbocycles. The zero-order valence-corrected chi connectivity index (χ0v) is 14.7. The van der Waals surface area contributed by atoms with Gasteiger partial charge >= 0.3 is 0 Å². The lowest BCUT2D eigenvalue weighted by Gasteiger charge is -2.29. The first-order chi connectivity index (χ1) is 11.4. The summed E-state index contributed by atoms with van der Waals surface area (Å²) in [6.45, 7) is 7.27. The predicted molar refractivity (Wildman–Crippen MR) is 94.9 cm³/mol. The van der Waals surface area contributed by atoms with E-state index < -0.39 is 0 Å². The number of hydrogen-bond acceptors (Lipinski definition) is 3. The minimum atomic E-state index is -0.292. The van der Waals surface area contributed by atoms with Gasteiger partial charge in [0, 0.05) is 17.8 Å². The summed E-state index contributed by atoms with van der Waals surface area (Å²) in [5, 5.41) is 7.59. The number of carbonyl (C=O) groups is 1. The van der Waals surface area contributed by atoms with Gasteiger partial charge in [-0.15, -0.1) is 0 Å². The molecule has 0 aliphatic heterocycles. The van der Waals surface area contributed by atoms with E-state index in [4.69, 9.17) is 5.73 Å². The molecule has 1 aliphatic carbocycles. The maximum Gasteiger partial charge on any atom is 0.251 e. The fraction of sp³-hybridized carbons (Fsp3) is 0.474. The van der Waals surface area contributed by atoms with Crippen molar-refractivity contribution >= 4 is 5.91 Å². The lowest BCUT2D eigenvalue weighted by atomic mass is 9.95. The van der Waals surface area contributed by atoms with Gasteiger partial charge in [0.2, 0.25) is 0 Å². The molecule has 3 N–H and O–H groups in total. The van der Waals surface area contributed by atoms with E-state index >= 15 is 0 Å². The van der Waals surface area contributed by atoms with Crippen LogP contribution in [0, 0.1) is 19.8 Å². The van der Waals surface area contributed by atoms with Crippen molar-refractivity contribution < 1.29 is 4.79 Å². The topological polar surface area (TPSA) is 72.9 Å². The summed E-state index contributed by atoms with van der Waals surface area (Å²) in [5.41, 5.74) is 9.54. The van der Waals surface area contributed by atoms with E-state index in [2.05, 4.69) is 16.5 Å². The molecule has 1 aromatic heterocycles. The molecule has 1 aliphatic rings. The summed E-state index contributed by atoms with van der Waals surface area (Å²) in [6.07, 6.45) is 2.30. The third kappa shape index (κ3) is 3.51. The smallest absolute Gasteiger partial charge is 0.251 e. The second kappa shape index (κ2) is 6.40. The van der Waals surface area contributed by atoms with Crippen molar-refractivity contribution in [3.8, 4) is 0 Å². The van der Waals surface area contributed by atoms with Crippen LogP contribution in [0.1, 0.15) is 47.1 Å². The Morgan fingerprint density at radius 3 is 2.50 bits per heavy atom. The van der Waals surface area contributed by atoms with Gasteiger partial charge in [-0.1, -0.05) is 12.1 Å². The second-order valence-corrected chi connectivity index (χ2v) is 7.13. The molecule has 0 saturated heterocycles. The van der Waals surface area contributed by atoms with E-state index in [-0.39, 0.29) is 11.4 Å². The normalized spacial score (nSPS) is 16.7. The summed E-state index contributed by atoms with van der Waals surface area (Å²) < 4.78 is 1.98. The Hall–Kier alpha value is -2.14. The number of rotatable bonds is 6. The van der Waals surface area contributed by atoms with Crippen molar-refractivity contribution in [2.45, 2.75) is 45.7 Å². The van der Waals surface area contributed by atoms with E-state index in [9.17, 15) is 4.79 Å². The molecule has 0 radical (unpaired) electrons. The number of nitrogens with two attached hydrogens (primary N) is 1. The third-order valence-corrected chi connectivity index (χ3v) is 4.95. The molecule has 1 amide bonds. The van der Waals surface area contributed by atoms with E-state index in [0.717, 1.165) is 29.8 Å². The maximum atomic E-state index is 12.5. The van der Waals surface area contributed by atoms with Gasteiger partial charge in [0.1, 0.15) is 0 Å². The Kier molecular flexibility index (Phi) is 4.45. The zero-order valence-electron chi connectivity index (χ0n) is 14.7. The Labute approximate surface area is 143 Å². The Morgan fingerprint density at radius 2 is 2.00 bits per heavy atom. The van der Waals surface area contributed by atoms with Crippen LogP contribution in [0.15, 0.2) is 30.3 Å². The predicted octanol–water partition coefficient (Wildman–Crippen LogP) is 2.41. The zero-order chi connectivity index (χ0) is 17.3. The van der Waals surface area contributed by atoms with Crippen molar-refractivity contribution in [1.29, 1.82) is 0 Å². The first-order valence-electron chi connectivity index (χ1n) is 8.54. The molecule has 1 aromatic carbocycles. The number of hydrogen-bond donors (Lipinski definition) is 2. The van der Waals surface area contributed by atoms with E-state index in [1.165, 1.54) is 0 Å². The van der Waals surface area contributed by atoms with Crippen LogP contribution in [0.4, 0.5) is 0 Å².